The van der Waals surface area contributed by atoms with Crippen molar-refractivity contribution in [2.24, 2.45) is 0 Å². The highest BCUT2D eigenvalue weighted by Crippen LogP contribution is 2.31. The lowest BCUT2D eigenvalue weighted by Gasteiger charge is -2.23. The summed E-state index contributed by atoms with van der Waals surface area (Å²) in [6, 6.07) is 3.05. The summed E-state index contributed by atoms with van der Waals surface area (Å²) in [6.07, 6.45) is -3.89. The van der Waals surface area contributed by atoms with Crippen molar-refractivity contribution in [3.63, 3.8) is 0 Å². The van der Waals surface area contributed by atoms with Crippen LogP contribution in [-0.2, 0) is 4.79 Å². The van der Waals surface area contributed by atoms with E-state index in [0.717, 1.165) is 22.5 Å². The summed E-state index contributed by atoms with van der Waals surface area (Å²) in [7, 11) is 0. The van der Waals surface area contributed by atoms with Gasteiger partial charge >= 0.3 is 17.9 Å². The fourth-order valence-corrected chi connectivity index (χ4v) is 2.70. The molecule has 8 nitrogen and oxygen atoms in total. The molecule has 0 saturated carbocycles. The van der Waals surface area contributed by atoms with E-state index in [1.165, 1.54) is 6.07 Å². The molecule has 0 unspecified atom stereocenters. The average molecular weight is 363 g/mol. The largest absolute Gasteiger partial charge is 0.471 e. The van der Waals surface area contributed by atoms with Crippen LogP contribution in [0.2, 0.25) is 0 Å². The molecule has 24 heavy (non-hydrogen) atoms. The lowest BCUT2D eigenvalue weighted by atomic mass is 10.2. The standard InChI is InChI=1S/C12H12F3N5O3S/c1-11(2,6-17-10(21)12(13,14)15)24-8-4-3-7-16-5-9(20(22)23)19(7)18-8/h3-5H,6H2,1-2H3,(H,17,21). The molecule has 2 rings (SSSR count). The van der Waals surface area contributed by atoms with Crippen molar-refractivity contribution in [1.29, 1.82) is 0 Å². The molecule has 0 atom stereocenters. The van der Waals surface area contributed by atoms with Gasteiger partial charge in [0.1, 0.15) is 11.2 Å². The van der Waals surface area contributed by atoms with E-state index in [4.69, 9.17) is 0 Å². The predicted molar refractivity (Wildman–Crippen MR) is 78.6 cm³/mol. The van der Waals surface area contributed by atoms with E-state index < -0.39 is 21.8 Å². The summed E-state index contributed by atoms with van der Waals surface area (Å²) in [5, 5.41) is 17.1. The number of thioether (sulfide) groups is 1. The van der Waals surface area contributed by atoms with Crippen molar-refractivity contribution >= 4 is 29.1 Å². The maximum Gasteiger partial charge on any atom is 0.471 e. The number of amides is 1. The van der Waals surface area contributed by atoms with Crippen LogP contribution in [0.3, 0.4) is 0 Å². The van der Waals surface area contributed by atoms with E-state index in [1.807, 2.05) is 0 Å². The van der Waals surface area contributed by atoms with Crippen molar-refractivity contribution in [1.82, 2.24) is 19.9 Å². The maximum atomic E-state index is 12.2. The number of hydrogen-bond acceptors (Lipinski definition) is 6. The molecule has 2 aromatic heterocycles. The average Bonchev–Trinajstić information content (AvgIpc) is 2.86. The third kappa shape index (κ3) is 4.13. The van der Waals surface area contributed by atoms with Gasteiger partial charge in [0.2, 0.25) is 5.65 Å². The first-order valence-electron chi connectivity index (χ1n) is 6.53. The van der Waals surface area contributed by atoms with Gasteiger partial charge < -0.3 is 15.4 Å². The van der Waals surface area contributed by atoms with Crippen LogP contribution in [0.4, 0.5) is 19.0 Å². The van der Waals surface area contributed by atoms with Gasteiger partial charge in [0.05, 0.1) is 0 Å². The van der Waals surface area contributed by atoms with Crippen LogP contribution in [0.1, 0.15) is 13.8 Å². The number of hydrogen-bond donors (Lipinski definition) is 1. The number of rotatable bonds is 5. The van der Waals surface area contributed by atoms with Crippen molar-refractivity contribution in [2.75, 3.05) is 6.54 Å². The maximum absolute atomic E-state index is 12.2. The second-order valence-electron chi connectivity index (χ2n) is 5.36. The second kappa shape index (κ2) is 6.26. The quantitative estimate of drug-likeness (QED) is 0.496. The Morgan fingerprint density at radius 3 is 2.67 bits per heavy atom. The molecule has 0 spiro atoms. The summed E-state index contributed by atoms with van der Waals surface area (Å²) < 4.78 is 36.8. The van der Waals surface area contributed by atoms with Crippen LogP contribution in [0.25, 0.3) is 5.65 Å². The molecule has 0 aliphatic heterocycles. The van der Waals surface area contributed by atoms with Crippen molar-refractivity contribution < 1.29 is 22.9 Å². The van der Waals surface area contributed by atoms with Gasteiger partial charge in [-0.2, -0.15) is 13.2 Å². The Balaban J connectivity index is 2.14. The Kier molecular flexibility index (Phi) is 4.69. The van der Waals surface area contributed by atoms with Gasteiger partial charge in [-0.25, -0.2) is 4.98 Å². The third-order valence-corrected chi connectivity index (χ3v) is 3.94. The molecule has 2 aromatic rings. The first-order chi connectivity index (χ1) is 11.0. The Bertz CT molecular complexity index is 790. The minimum Gasteiger partial charge on any atom is -0.358 e. The monoisotopic (exact) mass is 363 g/mol. The highest BCUT2D eigenvalue weighted by atomic mass is 32.2. The number of fused-ring (bicyclic) bond motifs is 1. The minimum atomic E-state index is -4.95. The van der Waals surface area contributed by atoms with Crippen molar-refractivity contribution in [3.05, 3.63) is 28.4 Å². The number of nitrogens with one attached hydrogen (secondary N) is 1. The van der Waals surface area contributed by atoms with E-state index in [0.29, 0.717) is 5.03 Å². The number of halogens is 3. The van der Waals surface area contributed by atoms with E-state index >= 15 is 0 Å². The molecule has 0 bridgehead atoms. The molecule has 0 fully saturated rings. The van der Waals surface area contributed by atoms with Gasteiger partial charge in [-0.15, -0.1) is 0 Å². The molecule has 0 aliphatic rings. The summed E-state index contributed by atoms with van der Waals surface area (Å²) in [5.41, 5.74) is 0.272. The number of carbonyl (C=O) groups excluding carboxylic acids is 1. The second-order valence-corrected chi connectivity index (χ2v) is 7.08. The molecular formula is C12H12F3N5O3S. The summed E-state index contributed by atoms with van der Waals surface area (Å²) in [4.78, 5) is 25.0. The van der Waals surface area contributed by atoms with E-state index in [9.17, 15) is 28.1 Å². The lowest BCUT2D eigenvalue weighted by molar-refractivity contribution is -0.391. The van der Waals surface area contributed by atoms with Gasteiger partial charge in [0.15, 0.2) is 0 Å². The summed E-state index contributed by atoms with van der Waals surface area (Å²) >= 11 is 1.07. The summed E-state index contributed by atoms with van der Waals surface area (Å²) in [6.45, 7) is 2.97. The molecule has 0 aromatic carbocycles. The fourth-order valence-electron chi connectivity index (χ4n) is 1.74. The number of nitro groups is 1. The Labute approximate surface area is 137 Å². The molecular weight excluding hydrogens is 351 g/mol. The minimum absolute atomic E-state index is 0.262. The van der Waals surface area contributed by atoms with E-state index in [-0.39, 0.29) is 18.0 Å². The number of carbonyl (C=O) groups is 1. The molecule has 1 N–H and O–H groups in total. The summed E-state index contributed by atoms with van der Waals surface area (Å²) in [5.74, 6) is -2.35. The highest BCUT2D eigenvalue weighted by Gasteiger charge is 2.39. The number of alkyl halides is 3. The third-order valence-electron chi connectivity index (χ3n) is 2.82. The molecule has 12 heteroatoms. The molecule has 1 amide bonds. The van der Waals surface area contributed by atoms with Gasteiger partial charge in [-0.3, -0.25) is 4.79 Å². The predicted octanol–water partition coefficient (Wildman–Crippen LogP) is 2.19. The van der Waals surface area contributed by atoms with Gasteiger partial charge in [-0.1, -0.05) is 21.4 Å². The van der Waals surface area contributed by atoms with Crippen LogP contribution < -0.4 is 5.32 Å². The fraction of sp³-hybridized carbons (Fsp3) is 0.417. The normalized spacial score (nSPS) is 12.4. The van der Waals surface area contributed by atoms with Crippen molar-refractivity contribution in [2.45, 2.75) is 29.8 Å². The Morgan fingerprint density at radius 2 is 2.08 bits per heavy atom. The highest BCUT2D eigenvalue weighted by molar-refractivity contribution is 8.00. The SMILES string of the molecule is CC(C)(CNC(=O)C(F)(F)F)Sc1ccc2ncc([N+](=O)[O-])n2n1. The smallest absolute Gasteiger partial charge is 0.358 e. The zero-order valence-corrected chi connectivity index (χ0v) is 13.3. The number of nitrogens with zero attached hydrogens (tertiary/aromatic N) is 4. The van der Waals surface area contributed by atoms with Crippen LogP contribution in [0, 0.1) is 10.1 Å². The number of aromatic nitrogens is 3. The molecule has 0 aliphatic carbocycles. The van der Waals surface area contributed by atoms with Crippen LogP contribution in [-0.4, -0.2) is 42.9 Å². The molecule has 0 saturated heterocycles. The zero-order valence-electron chi connectivity index (χ0n) is 12.5. The van der Waals surface area contributed by atoms with Crippen LogP contribution in [0.15, 0.2) is 23.4 Å². The van der Waals surface area contributed by atoms with E-state index in [2.05, 4.69) is 10.1 Å². The Hall–Kier alpha value is -2.37. The van der Waals surface area contributed by atoms with Gasteiger partial charge in [0.25, 0.3) is 0 Å². The topological polar surface area (TPSA) is 102 Å². The zero-order chi connectivity index (χ0) is 18.1. The molecule has 2 heterocycles. The molecule has 130 valence electrons. The van der Waals surface area contributed by atoms with Crippen molar-refractivity contribution in [3.8, 4) is 0 Å². The van der Waals surface area contributed by atoms with Gasteiger partial charge in [0, 0.05) is 17.4 Å². The Morgan fingerprint density at radius 1 is 1.42 bits per heavy atom. The van der Waals surface area contributed by atoms with E-state index in [1.54, 1.807) is 25.2 Å². The van der Waals surface area contributed by atoms with Crippen LogP contribution >= 0.6 is 11.8 Å². The number of imidazole rings is 1. The van der Waals surface area contributed by atoms with Gasteiger partial charge in [-0.05, 0) is 24.8 Å². The first-order valence-corrected chi connectivity index (χ1v) is 7.34. The van der Waals surface area contributed by atoms with Crippen LogP contribution in [0.5, 0.6) is 0 Å². The first kappa shape index (κ1) is 18.0. The molecule has 0 radical (unpaired) electrons. The lowest BCUT2D eigenvalue weighted by Crippen LogP contribution is -2.43.